The van der Waals surface area contributed by atoms with E-state index in [2.05, 4.69) is 31.3 Å². The van der Waals surface area contributed by atoms with Crippen molar-refractivity contribution in [3.63, 3.8) is 0 Å². The van der Waals surface area contributed by atoms with Crippen LogP contribution >= 0.6 is 0 Å². The maximum atomic E-state index is 12.4. The van der Waals surface area contributed by atoms with Gasteiger partial charge in [-0.15, -0.1) is 0 Å². The summed E-state index contributed by atoms with van der Waals surface area (Å²) < 4.78 is 5.48. The summed E-state index contributed by atoms with van der Waals surface area (Å²) in [5.41, 5.74) is 0. The van der Waals surface area contributed by atoms with Crippen molar-refractivity contribution in [2.24, 2.45) is 0 Å². The van der Waals surface area contributed by atoms with Crippen LogP contribution in [-0.2, 0) is 14.3 Å². The number of amides is 1. The van der Waals surface area contributed by atoms with E-state index in [1.54, 1.807) is 6.08 Å². The quantitative estimate of drug-likeness (QED) is 0.0321. The van der Waals surface area contributed by atoms with Crippen LogP contribution in [-0.4, -0.2) is 47.4 Å². The summed E-state index contributed by atoms with van der Waals surface area (Å²) in [5.74, 6) is -0.0678. The number of carbonyl (C=O) groups excluding carboxylic acids is 2. The second kappa shape index (κ2) is 54.9. The zero-order chi connectivity index (χ0) is 47.2. The highest BCUT2D eigenvalue weighted by Gasteiger charge is 2.18. The van der Waals surface area contributed by atoms with Crippen LogP contribution in [0.2, 0.25) is 0 Å². The number of unbranched alkanes of at least 4 members (excludes halogenated alkanes) is 41. The van der Waals surface area contributed by atoms with E-state index in [0.29, 0.717) is 19.4 Å². The molecule has 0 aromatic heterocycles. The predicted molar refractivity (Wildman–Crippen MR) is 283 cm³/mol. The molecule has 0 aliphatic rings. The van der Waals surface area contributed by atoms with Crippen molar-refractivity contribution in [3.05, 3.63) is 24.3 Å². The molecule has 6 heteroatoms. The Morgan fingerprint density at radius 3 is 1.09 bits per heavy atom. The van der Waals surface area contributed by atoms with Crippen LogP contribution in [0.4, 0.5) is 0 Å². The minimum absolute atomic E-state index is 0.00845. The van der Waals surface area contributed by atoms with Crippen LogP contribution in [0.3, 0.4) is 0 Å². The van der Waals surface area contributed by atoms with Gasteiger partial charge in [0.05, 0.1) is 25.4 Å². The Morgan fingerprint density at radius 2 is 0.723 bits per heavy atom. The molecule has 2 atom stereocenters. The summed E-state index contributed by atoms with van der Waals surface area (Å²) in [7, 11) is 0. The second-order valence-electron chi connectivity index (χ2n) is 20.0. The number of esters is 1. The maximum absolute atomic E-state index is 12.4. The minimum Gasteiger partial charge on any atom is -0.466 e. The number of carbonyl (C=O) groups is 2. The van der Waals surface area contributed by atoms with Gasteiger partial charge in [0.1, 0.15) is 0 Å². The highest BCUT2D eigenvalue weighted by molar-refractivity contribution is 5.76. The van der Waals surface area contributed by atoms with Crippen LogP contribution in [0.15, 0.2) is 24.3 Å². The molecule has 2 unspecified atom stereocenters. The largest absolute Gasteiger partial charge is 0.466 e. The zero-order valence-corrected chi connectivity index (χ0v) is 43.7. The Bertz CT molecular complexity index is 1010. The topological polar surface area (TPSA) is 95.9 Å². The Hall–Kier alpha value is -1.66. The average Bonchev–Trinajstić information content (AvgIpc) is 3.31. The van der Waals surface area contributed by atoms with E-state index >= 15 is 0 Å². The summed E-state index contributed by atoms with van der Waals surface area (Å²) >= 11 is 0. The minimum atomic E-state index is -0.848. The molecule has 0 fully saturated rings. The van der Waals surface area contributed by atoms with Gasteiger partial charge in [-0.2, -0.15) is 0 Å². The SMILES string of the molecule is CCCCCCCCCCCCC/C=C/C(O)C(CO)NC(=O)CCCCCCCCC/C=C\CCCCCCCCCCCOC(=O)CCCCCCCCCCCCCCCCC. The van der Waals surface area contributed by atoms with Gasteiger partial charge in [0, 0.05) is 12.8 Å². The third-order valence-corrected chi connectivity index (χ3v) is 13.5. The van der Waals surface area contributed by atoms with Gasteiger partial charge in [-0.05, 0) is 57.8 Å². The van der Waals surface area contributed by atoms with Gasteiger partial charge in [0.2, 0.25) is 5.91 Å². The zero-order valence-electron chi connectivity index (χ0n) is 43.7. The normalized spacial score (nSPS) is 12.7. The molecule has 0 aromatic rings. The van der Waals surface area contributed by atoms with Gasteiger partial charge in [-0.25, -0.2) is 0 Å². The van der Waals surface area contributed by atoms with E-state index < -0.39 is 12.1 Å². The Labute approximate surface area is 405 Å². The number of hydrogen-bond donors (Lipinski definition) is 3. The third-order valence-electron chi connectivity index (χ3n) is 13.5. The number of aliphatic hydroxyl groups is 2. The first-order valence-corrected chi connectivity index (χ1v) is 29.1. The van der Waals surface area contributed by atoms with E-state index in [1.807, 2.05) is 6.08 Å². The number of hydrogen-bond acceptors (Lipinski definition) is 5. The molecular formula is C59H113NO5. The molecule has 65 heavy (non-hydrogen) atoms. The predicted octanol–water partition coefficient (Wildman–Crippen LogP) is 17.9. The van der Waals surface area contributed by atoms with Gasteiger partial charge in [-0.3, -0.25) is 9.59 Å². The van der Waals surface area contributed by atoms with Crippen molar-refractivity contribution in [2.45, 2.75) is 328 Å². The Balaban J connectivity index is 3.43. The number of ether oxygens (including phenoxy) is 1. The van der Waals surface area contributed by atoms with Gasteiger partial charge in [0.15, 0.2) is 0 Å². The summed E-state index contributed by atoms with van der Waals surface area (Å²) in [4.78, 5) is 24.5. The van der Waals surface area contributed by atoms with E-state index in [1.165, 1.54) is 244 Å². The van der Waals surface area contributed by atoms with Crippen molar-refractivity contribution in [3.8, 4) is 0 Å². The molecule has 1 amide bonds. The number of allylic oxidation sites excluding steroid dienone is 3. The van der Waals surface area contributed by atoms with Gasteiger partial charge >= 0.3 is 5.97 Å². The first-order chi connectivity index (χ1) is 32.0. The Kier molecular flexibility index (Phi) is 53.5. The van der Waals surface area contributed by atoms with Gasteiger partial charge < -0.3 is 20.3 Å². The van der Waals surface area contributed by atoms with Crippen LogP contribution in [0.5, 0.6) is 0 Å². The molecule has 384 valence electrons. The molecule has 0 saturated carbocycles. The van der Waals surface area contributed by atoms with E-state index in [0.717, 1.165) is 44.9 Å². The number of aliphatic hydroxyl groups excluding tert-OH is 2. The standard InChI is InChI=1S/C59H113NO5/c1-3-5-7-9-11-13-15-17-24-29-33-37-41-45-49-53-59(64)65-54-50-46-42-38-34-30-26-23-21-19-18-20-22-25-28-32-36-40-44-48-52-58(63)60-56(55-61)57(62)51-47-43-39-35-31-27-16-14-12-10-8-6-4-2/h18,20,47,51,56-57,61-62H,3-17,19,21-46,48-50,52-55H2,1-2H3,(H,60,63)/b20-18-,51-47+. The molecule has 0 radical (unpaired) electrons. The lowest BCUT2D eigenvalue weighted by atomic mass is 10.0. The first-order valence-electron chi connectivity index (χ1n) is 29.1. The second-order valence-corrected chi connectivity index (χ2v) is 20.0. The lowest BCUT2D eigenvalue weighted by molar-refractivity contribution is -0.143. The molecule has 0 aliphatic carbocycles. The van der Waals surface area contributed by atoms with Crippen molar-refractivity contribution in [2.75, 3.05) is 13.2 Å². The fourth-order valence-corrected chi connectivity index (χ4v) is 8.98. The smallest absolute Gasteiger partial charge is 0.305 e. The van der Waals surface area contributed by atoms with E-state index in [9.17, 15) is 19.8 Å². The monoisotopic (exact) mass is 916 g/mol. The molecule has 0 aromatic carbocycles. The van der Waals surface area contributed by atoms with E-state index in [-0.39, 0.29) is 18.5 Å². The highest BCUT2D eigenvalue weighted by atomic mass is 16.5. The van der Waals surface area contributed by atoms with Crippen molar-refractivity contribution in [1.29, 1.82) is 0 Å². The lowest BCUT2D eigenvalue weighted by Crippen LogP contribution is -2.45. The van der Waals surface area contributed by atoms with Crippen molar-refractivity contribution in [1.82, 2.24) is 5.32 Å². The molecular weight excluding hydrogens is 803 g/mol. The molecule has 0 spiro atoms. The summed E-state index contributed by atoms with van der Waals surface area (Å²) in [6.07, 6.45) is 66.3. The van der Waals surface area contributed by atoms with Crippen molar-refractivity contribution >= 4 is 11.9 Å². The fraction of sp³-hybridized carbons (Fsp3) is 0.898. The Morgan fingerprint density at radius 1 is 0.415 bits per heavy atom. The fourth-order valence-electron chi connectivity index (χ4n) is 8.98. The molecule has 0 saturated heterocycles. The summed E-state index contributed by atoms with van der Waals surface area (Å²) in [6.45, 7) is 4.90. The molecule has 3 N–H and O–H groups in total. The number of nitrogens with one attached hydrogen (secondary N) is 1. The first kappa shape index (κ1) is 63.3. The van der Waals surface area contributed by atoms with Crippen LogP contribution < -0.4 is 5.32 Å². The van der Waals surface area contributed by atoms with Crippen molar-refractivity contribution < 1.29 is 24.5 Å². The number of rotatable bonds is 54. The summed E-state index contributed by atoms with van der Waals surface area (Å²) in [6, 6.07) is -0.633. The maximum Gasteiger partial charge on any atom is 0.305 e. The molecule has 0 aliphatic heterocycles. The lowest BCUT2D eigenvalue weighted by Gasteiger charge is -2.20. The molecule has 6 nitrogen and oxygen atoms in total. The molecule has 0 bridgehead atoms. The summed E-state index contributed by atoms with van der Waals surface area (Å²) in [5, 5.41) is 23.0. The van der Waals surface area contributed by atoms with Crippen LogP contribution in [0, 0.1) is 0 Å². The van der Waals surface area contributed by atoms with E-state index in [4.69, 9.17) is 4.74 Å². The van der Waals surface area contributed by atoms with Gasteiger partial charge in [-0.1, -0.05) is 269 Å². The van der Waals surface area contributed by atoms with Gasteiger partial charge in [0.25, 0.3) is 0 Å². The molecule has 0 heterocycles. The van der Waals surface area contributed by atoms with Crippen LogP contribution in [0.1, 0.15) is 316 Å². The highest BCUT2D eigenvalue weighted by Crippen LogP contribution is 2.17. The molecule has 0 rings (SSSR count). The third kappa shape index (κ3) is 51.6. The average molecular weight is 917 g/mol. The van der Waals surface area contributed by atoms with Crippen LogP contribution in [0.25, 0.3) is 0 Å².